The highest BCUT2D eigenvalue weighted by Gasteiger charge is 2.11. The van der Waals surface area contributed by atoms with Gasteiger partial charge in [-0.05, 0) is 20.6 Å². The molecule has 0 radical (unpaired) electrons. The van der Waals surface area contributed by atoms with Gasteiger partial charge in [-0.2, -0.15) is 0 Å². The Balaban J connectivity index is 2.96. The lowest BCUT2D eigenvalue weighted by atomic mass is 10.4. The molecular formula is C11H13N3O3S. The molecule has 1 N–H and O–H groups in total. The second kappa shape index (κ2) is 6.65. The fraction of sp³-hybridized carbons (Fsp3) is 0.273. The van der Waals surface area contributed by atoms with Gasteiger partial charge in [-0.3, -0.25) is 4.99 Å². The molecule has 0 spiro atoms. The number of nitrogens with zero attached hydrogens (tertiary/aromatic N) is 3. The van der Waals surface area contributed by atoms with Crippen LogP contribution in [-0.4, -0.2) is 35.1 Å². The highest BCUT2D eigenvalue weighted by atomic mass is 32.1. The predicted octanol–water partition coefficient (Wildman–Crippen LogP) is 2.19. The Labute approximate surface area is 108 Å². The van der Waals surface area contributed by atoms with Gasteiger partial charge in [0.2, 0.25) is 10.9 Å². The van der Waals surface area contributed by atoms with Gasteiger partial charge in [0.25, 0.3) is 0 Å². The highest BCUT2D eigenvalue weighted by molar-refractivity contribution is 7.15. The number of carboxylic acids is 1. The number of aromatic nitrogens is 1. The van der Waals surface area contributed by atoms with Crippen molar-refractivity contribution in [1.29, 1.82) is 0 Å². The summed E-state index contributed by atoms with van der Waals surface area (Å²) in [6.07, 6.45) is 2.87. The van der Waals surface area contributed by atoms with E-state index in [1.807, 2.05) is 6.92 Å². The van der Waals surface area contributed by atoms with Crippen LogP contribution >= 0.6 is 11.3 Å². The van der Waals surface area contributed by atoms with Gasteiger partial charge in [0, 0.05) is 6.20 Å². The minimum Gasteiger partial charge on any atom is -0.477 e. The smallest absolute Gasteiger partial charge is 0.365 e. The Hall–Kier alpha value is -2.02. The van der Waals surface area contributed by atoms with E-state index in [1.54, 1.807) is 6.92 Å². The van der Waals surface area contributed by atoms with Gasteiger partial charge >= 0.3 is 5.97 Å². The number of aromatic carboxylic acids is 1. The molecule has 0 saturated heterocycles. The maximum Gasteiger partial charge on any atom is 0.365 e. The van der Waals surface area contributed by atoms with E-state index in [2.05, 4.69) is 21.7 Å². The lowest BCUT2D eigenvalue weighted by Crippen LogP contribution is -1.95. The molecule has 1 heterocycles. The number of thiazole rings is 1. The van der Waals surface area contributed by atoms with Crippen molar-refractivity contribution in [2.75, 3.05) is 6.61 Å². The SMILES string of the molecule is C=N/C=C(\N=C(/C)c1cnc(C(=O)O)s1)OCC. The number of aliphatic imine (C=N–C) groups is 2. The van der Waals surface area contributed by atoms with Crippen LogP contribution in [-0.2, 0) is 4.74 Å². The molecule has 0 aliphatic carbocycles. The fourth-order valence-electron chi connectivity index (χ4n) is 1.09. The first-order valence-corrected chi connectivity index (χ1v) is 5.93. The van der Waals surface area contributed by atoms with Crippen molar-refractivity contribution in [2.45, 2.75) is 13.8 Å². The minimum absolute atomic E-state index is 0.0309. The Kier molecular flexibility index (Phi) is 5.19. The standard InChI is InChI=1S/C11H13N3O3S/c1-4-17-9(6-12-3)14-7(2)8-5-13-10(18-8)11(15)16/h5-6H,3-4H2,1-2H3,(H,15,16)/b9-6+,14-7+. The van der Waals surface area contributed by atoms with Gasteiger partial charge in [0.1, 0.15) is 0 Å². The van der Waals surface area contributed by atoms with E-state index in [-0.39, 0.29) is 5.01 Å². The molecule has 0 saturated carbocycles. The molecule has 0 aliphatic rings. The van der Waals surface area contributed by atoms with Crippen molar-refractivity contribution in [3.05, 3.63) is 28.2 Å². The van der Waals surface area contributed by atoms with Gasteiger partial charge in [-0.25, -0.2) is 14.8 Å². The highest BCUT2D eigenvalue weighted by Crippen LogP contribution is 2.15. The third-order valence-electron chi connectivity index (χ3n) is 1.82. The summed E-state index contributed by atoms with van der Waals surface area (Å²) in [5.41, 5.74) is 0.614. The van der Waals surface area contributed by atoms with E-state index < -0.39 is 5.97 Å². The van der Waals surface area contributed by atoms with Crippen LogP contribution < -0.4 is 0 Å². The lowest BCUT2D eigenvalue weighted by molar-refractivity contribution is 0.0696. The Morgan fingerprint density at radius 2 is 2.44 bits per heavy atom. The largest absolute Gasteiger partial charge is 0.477 e. The molecule has 0 atom stereocenters. The molecule has 1 aromatic rings. The number of hydrogen-bond acceptors (Lipinski definition) is 6. The lowest BCUT2D eigenvalue weighted by Gasteiger charge is -2.02. The molecule has 96 valence electrons. The first-order chi connectivity index (χ1) is 8.58. The molecule has 6 nitrogen and oxygen atoms in total. The third-order valence-corrected chi connectivity index (χ3v) is 2.91. The summed E-state index contributed by atoms with van der Waals surface area (Å²) in [6.45, 7) is 7.36. The van der Waals surface area contributed by atoms with E-state index in [0.29, 0.717) is 23.1 Å². The molecule has 0 aliphatic heterocycles. The zero-order chi connectivity index (χ0) is 13.5. The van der Waals surface area contributed by atoms with Gasteiger partial charge in [0.15, 0.2) is 0 Å². The van der Waals surface area contributed by atoms with E-state index in [0.717, 1.165) is 11.3 Å². The second-order valence-electron chi connectivity index (χ2n) is 3.11. The van der Waals surface area contributed by atoms with Crippen LogP contribution in [0.2, 0.25) is 0 Å². The fourth-order valence-corrected chi connectivity index (χ4v) is 1.78. The van der Waals surface area contributed by atoms with Crippen molar-refractivity contribution < 1.29 is 14.6 Å². The summed E-state index contributed by atoms with van der Waals surface area (Å²) in [5.74, 6) is -0.720. The molecule has 7 heteroatoms. The van der Waals surface area contributed by atoms with Crippen LogP contribution in [0, 0.1) is 0 Å². The Morgan fingerprint density at radius 1 is 1.72 bits per heavy atom. The number of rotatable bonds is 6. The normalized spacial score (nSPS) is 12.3. The van der Waals surface area contributed by atoms with E-state index >= 15 is 0 Å². The third kappa shape index (κ3) is 3.77. The molecule has 0 fully saturated rings. The zero-order valence-electron chi connectivity index (χ0n) is 10.1. The first kappa shape index (κ1) is 14.0. The summed E-state index contributed by atoms with van der Waals surface area (Å²) in [5, 5.41) is 8.81. The average molecular weight is 267 g/mol. The van der Waals surface area contributed by atoms with Crippen LogP contribution in [0.15, 0.2) is 28.3 Å². The van der Waals surface area contributed by atoms with E-state index in [9.17, 15) is 4.79 Å². The molecule has 0 amide bonds. The van der Waals surface area contributed by atoms with Crippen LogP contribution in [0.4, 0.5) is 0 Å². The van der Waals surface area contributed by atoms with Gasteiger partial charge in [-0.15, -0.1) is 11.3 Å². The molecular weight excluding hydrogens is 254 g/mol. The van der Waals surface area contributed by atoms with E-state index in [1.165, 1.54) is 12.4 Å². The molecule has 0 bridgehead atoms. The summed E-state index contributed by atoms with van der Waals surface area (Å²) in [6, 6.07) is 0. The van der Waals surface area contributed by atoms with E-state index in [4.69, 9.17) is 9.84 Å². The monoisotopic (exact) mass is 267 g/mol. The molecule has 0 aromatic carbocycles. The van der Waals surface area contributed by atoms with Gasteiger partial charge < -0.3 is 9.84 Å². The van der Waals surface area contributed by atoms with Crippen molar-refractivity contribution in [1.82, 2.24) is 4.98 Å². The number of hydrogen-bond donors (Lipinski definition) is 1. The summed E-state index contributed by atoms with van der Waals surface area (Å²) in [4.78, 5) is 22.9. The van der Waals surface area contributed by atoms with Crippen molar-refractivity contribution in [3.63, 3.8) is 0 Å². The van der Waals surface area contributed by atoms with Crippen LogP contribution in [0.5, 0.6) is 0 Å². The van der Waals surface area contributed by atoms with Crippen LogP contribution in [0.25, 0.3) is 0 Å². The van der Waals surface area contributed by atoms with Crippen LogP contribution in [0.1, 0.15) is 28.5 Å². The summed E-state index contributed by atoms with van der Waals surface area (Å²) < 4.78 is 5.24. The quantitative estimate of drug-likeness (QED) is 0.632. The Morgan fingerprint density at radius 3 is 2.94 bits per heavy atom. The topological polar surface area (TPSA) is 84.1 Å². The molecule has 1 rings (SSSR count). The van der Waals surface area contributed by atoms with Gasteiger partial charge in [0.05, 0.1) is 23.4 Å². The van der Waals surface area contributed by atoms with Crippen molar-refractivity contribution in [3.8, 4) is 0 Å². The zero-order valence-corrected chi connectivity index (χ0v) is 10.9. The first-order valence-electron chi connectivity index (χ1n) is 5.12. The van der Waals surface area contributed by atoms with Crippen LogP contribution in [0.3, 0.4) is 0 Å². The minimum atomic E-state index is -1.05. The summed E-state index contributed by atoms with van der Waals surface area (Å²) >= 11 is 1.06. The molecule has 18 heavy (non-hydrogen) atoms. The van der Waals surface area contributed by atoms with Crippen molar-refractivity contribution >= 4 is 29.7 Å². The number of ether oxygens (including phenoxy) is 1. The predicted molar refractivity (Wildman–Crippen MR) is 70.5 cm³/mol. The van der Waals surface area contributed by atoms with Gasteiger partial charge in [-0.1, -0.05) is 0 Å². The molecule has 0 unspecified atom stereocenters. The maximum absolute atomic E-state index is 10.7. The Bertz CT molecular complexity index is 505. The molecule has 1 aromatic heterocycles. The van der Waals surface area contributed by atoms with Crippen molar-refractivity contribution in [2.24, 2.45) is 9.98 Å². The number of carboxylic acid groups (broad SMARTS) is 1. The maximum atomic E-state index is 10.7. The number of carbonyl (C=O) groups is 1. The second-order valence-corrected chi connectivity index (χ2v) is 4.15. The average Bonchev–Trinajstić information content (AvgIpc) is 2.79. The summed E-state index contributed by atoms with van der Waals surface area (Å²) in [7, 11) is 0.